The Hall–Kier alpha value is -2.39. The second kappa shape index (κ2) is 7.45. The van der Waals surface area contributed by atoms with E-state index in [4.69, 9.17) is 11.5 Å². The molecule has 0 saturated carbocycles. The third-order valence-corrected chi connectivity index (χ3v) is 3.97. The lowest BCUT2D eigenvalue weighted by atomic mass is 10.2. The average Bonchev–Trinajstić information content (AvgIpc) is 2.51. The summed E-state index contributed by atoms with van der Waals surface area (Å²) in [5, 5.41) is 0.467. The van der Waals surface area contributed by atoms with E-state index < -0.39 is 11.6 Å². The van der Waals surface area contributed by atoms with Crippen LogP contribution >= 0.6 is 31.9 Å². The van der Waals surface area contributed by atoms with Gasteiger partial charge in [-0.25, -0.2) is 4.79 Å². The topological polar surface area (TPSA) is 135 Å². The van der Waals surface area contributed by atoms with Crippen LogP contribution in [0.25, 0.3) is 10.9 Å². The number of anilines is 1. The summed E-state index contributed by atoms with van der Waals surface area (Å²) in [7, 11) is 0. The minimum atomic E-state index is -0.510. The summed E-state index contributed by atoms with van der Waals surface area (Å²) in [5.74, 6) is -0.510. The molecule has 3 rings (SSSR count). The number of nitrogens with two attached hydrogens (primary N) is 2. The van der Waals surface area contributed by atoms with Crippen molar-refractivity contribution >= 4 is 54.4 Å². The summed E-state index contributed by atoms with van der Waals surface area (Å²) in [4.78, 5) is 37.5. The van der Waals surface area contributed by atoms with Gasteiger partial charge in [-0.15, -0.1) is 0 Å². The highest BCUT2D eigenvalue weighted by Gasteiger charge is 2.04. The van der Waals surface area contributed by atoms with Gasteiger partial charge in [0.15, 0.2) is 0 Å². The predicted molar refractivity (Wildman–Crippen MR) is 100.0 cm³/mol. The molecule has 1 aromatic heterocycles. The number of amides is 1. The molecule has 7 nitrogen and oxygen atoms in total. The van der Waals surface area contributed by atoms with Crippen molar-refractivity contribution in [2.75, 3.05) is 5.73 Å². The van der Waals surface area contributed by atoms with E-state index in [1.807, 2.05) is 0 Å². The number of fused-ring (bicyclic) bond motifs is 1. The highest BCUT2D eigenvalue weighted by atomic mass is 79.9. The number of nitrogen functional groups attached to an aromatic ring is 1. The van der Waals surface area contributed by atoms with Crippen molar-refractivity contribution < 1.29 is 4.79 Å². The van der Waals surface area contributed by atoms with Crippen LogP contribution in [0.2, 0.25) is 0 Å². The smallest absolute Gasteiger partial charge is 0.326 e. The first kappa shape index (κ1) is 18.0. The molecule has 9 heteroatoms. The second-order valence-corrected chi connectivity index (χ2v) is 6.53. The van der Waals surface area contributed by atoms with Gasteiger partial charge in [0.2, 0.25) is 0 Å². The molecule has 124 valence electrons. The maximum absolute atomic E-state index is 11.3. The van der Waals surface area contributed by atoms with E-state index >= 15 is 0 Å². The van der Waals surface area contributed by atoms with Crippen LogP contribution in [-0.4, -0.2) is 15.9 Å². The summed E-state index contributed by atoms with van der Waals surface area (Å²) >= 11 is 6.44. The Kier molecular flexibility index (Phi) is 5.58. The van der Waals surface area contributed by atoms with Gasteiger partial charge in [0.1, 0.15) is 0 Å². The van der Waals surface area contributed by atoms with Crippen molar-refractivity contribution in [2.45, 2.75) is 0 Å². The molecule has 3 aromatic rings. The van der Waals surface area contributed by atoms with Gasteiger partial charge in [0.05, 0.1) is 16.5 Å². The highest BCUT2D eigenvalue weighted by molar-refractivity contribution is 9.10. The molecule has 0 radical (unpaired) electrons. The molecule has 0 bridgehead atoms. The first-order chi connectivity index (χ1) is 11.3. The van der Waals surface area contributed by atoms with E-state index in [2.05, 4.69) is 41.8 Å². The first-order valence-electron chi connectivity index (χ1n) is 6.54. The lowest BCUT2D eigenvalue weighted by Gasteiger charge is -2.00. The van der Waals surface area contributed by atoms with Crippen LogP contribution in [0.5, 0.6) is 0 Å². The van der Waals surface area contributed by atoms with Gasteiger partial charge in [-0.3, -0.25) is 14.6 Å². The van der Waals surface area contributed by atoms with Gasteiger partial charge in [-0.2, -0.15) is 0 Å². The number of aromatic amines is 2. The number of aromatic nitrogens is 2. The quantitative estimate of drug-likeness (QED) is 0.418. The van der Waals surface area contributed by atoms with Crippen molar-refractivity contribution in [1.82, 2.24) is 9.97 Å². The van der Waals surface area contributed by atoms with Crippen LogP contribution in [0, 0.1) is 0 Å². The Morgan fingerprint density at radius 3 is 2.21 bits per heavy atom. The SMILES string of the molecule is NC(=O)c1cc(Br)ccc1N.O=c1[nH]c(=O)c2cc(Br)ccc2[nH]1. The van der Waals surface area contributed by atoms with Gasteiger partial charge in [0.25, 0.3) is 11.5 Å². The molecule has 0 unspecified atom stereocenters. The van der Waals surface area contributed by atoms with E-state index in [0.717, 1.165) is 8.95 Å². The third kappa shape index (κ3) is 4.33. The van der Waals surface area contributed by atoms with Crippen LogP contribution in [0.15, 0.2) is 54.9 Å². The minimum absolute atomic E-state index is 0.347. The van der Waals surface area contributed by atoms with E-state index in [1.165, 1.54) is 0 Å². The fourth-order valence-corrected chi connectivity index (χ4v) is 2.60. The Bertz CT molecular complexity index is 1030. The van der Waals surface area contributed by atoms with Gasteiger partial charge >= 0.3 is 5.69 Å². The number of hydrogen-bond donors (Lipinski definition) is 4. The molecule has 0 aliphatic rings. The molecule has 0 aliphatic carbocycles. The lowest BCUT2D eigenvalue weighted by molar-refractivity contribution is 0.100. The first-order valence-corrected chi connectivity index (χ1v) is 8.13. The van der Waals surface area contributed by atoms with Crippen LogP contribution in [0.1, 0.15) is 10.4 Å². The zero-order chi connectivity index (χ0) is 17.9. The van der Waals surface area contributed by atoms with Crippen LogP contribution in [0.3, 0.4) is 0 Å². The number of rotatable bonds is 1. The van der Waals surface area contributed by atoms with Gasteiger partial charge in [-0.05, 0) is 36.4 Å². The Labute approximate surface area is 152 Å². The van der Waals surface area contributed by atoms with E-state index in [1.54, 1.807) is 36.4 Å². The van der Waals surface area contributed by atoms with Gasteiger partial charge < -0.3 is 16.5 Å². The number of nitrogens with one attached hydrogen (secondary N) is 2. The second-order valence-electron chi connectivity index (χ2n) is 4.69. The van der Waals surface area contributed by atoms with Crippen molar-refractivity contribution in [3.05, 3.63) is 71.7 Å². The third-order valence-electron chi connectivity index (χ3n) is 2.98. The standard InChI is InChI=1S/C8H5BrN2O2.C7H7BrN2O/c9-4-1-2-6-5(3-4)7(12)11-8(13)10-6;8-4-1-2-6(9)5(3-4)7(10)11/h1-3H,(H2,10,11,12,13);1-3H,9H2,(H2,10,11). The lowest BCUT2D eigenvalue weighted by Crippen LogP contribution is -2.21. The minimum Gasteiger partial charge on any atom is -0.398 e. The Morgan fingerprint density at radius 1 is 0.958 bits per heavy atom. The molecule has 0 saturated heterocycles. The monoisotopic (exact) mass is 454 g/mol. The number of halogens is 2. The van der Waals surface area contributed by atoms with Crippen molar-refractivity contribution in [1.29, 1.82) is 0 Å². The number of primary amides is 1. The maximum Gasteiger partial charge on any atom is 0.326 e. The number of benzene rings is 2. The van der Waals surface area contributed by atoms with Crippen LogP contribution in [0.4, 0.5) is 5.69 Å². The fourth-order valence-electron chi connectivity index (χ4n) is 1.88. The molecule has 1 amide bonds. The summed E-state index contributed by atoms with van der Waals surface area (Å²) in [6.45, 7) is 0. The normalized spacial score (nSPS) is 10.1. The largest absolute Gasteiger partial charge is 0.398 e. The number of H-pyrrole nitrogens is 2. The molecule has 0 spiro atoms. The van der Waals surface area contributed by atoms with Crippen LogP contribution < -0.4 is 22.7 Å². The van der Waals surface area contributed by atoms with Gasteiger partial charge in [0, 0.05) is 14.6 Å². The fraction of sp³-hybridized carbons (Fsp3) is 0. The molecule has 1 heterocycles. The zero-order valence-electron chi connectivity index (χ0n) is 12.1. The average molecular weight is 456 g/mol. The molecule has 2 aromatic carbocycles. The highest BCUT2D eigenvalue weighted by Crippen LogP contribution is 2.17. The summed E-state index contributed by atoms with van der Waals surface area (Å²) in [5.41, 5.74) is 10.9. The number of carbonyl (C=O) groups excluding carboxylic acids is 1. The number of carbonyl (C=O) groups is 1. The van der Waals surface area contributed by atoms with Crippen molar-refractivity contribution in [2.24, 2.45) is 5.73 Å². The van der Waals surface area contributed by atoms with E-state index in [-0.39, 0.29) is 5.56 Å². The van der Waals surface area contributed by atoms with E-state index in [0.29, 0.717) is 22.2 Å². The Morgan fingerprint density at radius 2 is 1.58 bits per heavy atom. The molecule has 6 N–H and O–H groups in total. The summed E-state index contributed by atoms with van der Waals surface area (Å²) in [6.07, 6.45) is 0. The van der Waals surface area contributed by atoms with Gasteiger partial charge in [-0.1, -0.05) is 31.9 Å². The zero-order valence-corrected chi connectivity index (χ0v) is 15.3. The predicted octanol–water partition coefficient (Wildman–Crippen LogP) is 2.11. The summed E-state index contributed by atoms with van der Waals surface area (Å²) in [6, 6.07) is 10.1. The molecule has 0 atom stereocenters. The molecule has 0 aliphatic heterocycles. The van der Waals surface area contributed by atoms with Crippen molar-refractivity contribution in [3.63, 3.8) is 0 Å². The van der Waals surface area contributed by atoms with Crippen LogP contribution in [-0.2, 0) is 0 Å². The van der Waals surface area contributed by atoms with Crippen molar-refractivity contribution in [3.8, 4) is 0 Å². The molecule has 0 fully saturated rings. The Balaban J connectivity index is 0.000000177. The maximum atomic E-state index is 11.3. The van der Waals surface area contributed by atoms with E-state index in [9.17, 15) is 14.4 Å². The molecular weight excluding hydrogens is 444 g/mol. The summed E-state index contributed by atoms with van der Waals surface area (Å²) < 4.78 is 1.60. The molecule has 24 heavy (non-hydrogen) atoms. The molecular formula is C15H12Br2N4O3. The number of hydrogen-bond acceptors (Lipinski definition) is 4.